The maximum Gasteiger partial charge on any atom is 0.169 e. The molecule has 0 radical (unpaired) electrons. The first-order chi connectivity index (χ1) is 17.2. The highest BCUT2D eigenvalue weighted by atomic mass is 31.2. The summed E-state index contributed by atoms with van der Waals surface area (Å²) >= 11 is 0. The standard InChI is InChI=1S/C32H38O4P/c1-29(2,3)37(30(4,5)6,31(7,8)9)19-33-32-26-20-13-10-14-21(26)35-23-16-12-18-25(28(23)32)36-24-17-11-15-22(34-20)27(24)32/h10-18H,19H2,1-9H3/q+1. The number of benzene rings is 3. The van der Waals surface area contributed by atoms with Gasteiger partial charge in [-0.3, -0.25) is 0 Å². The molecule has 3 aliphatic rings. The molecule has 0 amide bonds. The van der Waals surface area contributed by atoms with Gasteiger partial charge in [-0.05, 0) is 98.7 Å². The number of hydrogen-bond donors (Lipinski definition) is 0. The van der Waals surface area contributed by atoms with E-state index < -0.39 is 12.9 Å². The van der Waals surface area contributed by atoms with E-state index in [2.05, 4.69) is 62.3 Å². The lowest BCUT2D eigenvalue weighted by Crippen LogP contribution is -2.48. The van der Waals surface area contributed by atoms with Gasteiger partial charge in [0.25, 0.3) is 0 Å². The molecule has 194 valence electrons. The molecule has 0 fully saturated rings. The van der Waals surface area contributed by atoms with Gasteiger partial charge in [0.2, 0.25) is 0 Å². The second kappa shape index (κ2) is 7.52. The molecule has 5 heteroatoms. The quantitative estimate of drug-likeness (QED) is 0.254. The van der Waals surface area contributed by atoms with Gasteiger partial charge in [0.1, 0.15) is 34.5 Å². The van der Waals surface area contributed by atoms with Crippen LogP contribution in [0.2, 0.25) is 0 Å². The second-order valence-electron chi connectivity index (χ2n) is 13.5. The zero-order chi connectivity index (χ0) is 26.6. The minimum absolute atomic E-state index is 0.0597. The molecule has 37 heavy (non-hydrogen) atoms. The SMILES string of the molecule is CC(C)(C)[P+](COC12c3c4cccc3Oc3cccc(c31)Oc1cccc(c12)O4)(C(C)(C)C)C(C)(C)C. The molecule has 6 rings (SSSR count). The van der Waals surface area contributed by atoms with E-state index in [1.807, 2.05) is 54.6 Å². The summed E-state index contributed by atoms with van der Waals surface area (Å²) in [4.78, 5) is 0. The van der Waals surface area contributed by atoms with Crippen molar-refractivity contribution in [3.63, 3.8) is 0 Å². The molecular formula is C32H38O4P+. The molecule has 3 aromatic carbocycles. The van der Waals surface area contributed by atoms with Gasteiger partial charge in [-0.2, -0.15) is 0 Å². The maximum atomic E-state index is 7.61. The molecule has 4 nitrogen and oxygen atoms in total. The monoisotopic (exact) mass is 517 g/mol. The van der Waals surface area contributed by atoms with E-state index >= 15 is 0 Å². The third kappa shape index (κ3) is 3.09. The molecule has 3 heterocycles. The van der Waals surface area contributed by atoms with Crippen molar-refractivity contribution in [3.8, 4) is 34.5 Å². The molecule has 0 unspecified atom stereocenters. The summed E-state index contributed by atoms with van der Waals surface area (Å²) in [6, 6.07) is 18.1. The highest BCUT2D eigenvalue weighted by molar-refractivity contribution is 7.79. The molecule has 0 saturated heterocycles. The largest absolute Gasteiger partial charge is 0.456 e. The van der Waals surface area contributed by atoms with Gasteiger partial charge in [0, 0.05) is 0 Å². The fraction of sp³-hybridized carbons (Fsp3) is 0.438. The summed E-state index contributed by atoms with van der Waals surface area (Å²) in [5.74, 6) is 4.64. The summed E-state index contributed by atoms with van der Waals surface area (Å²) in [5, 5.41) is 0.179. The van der Waals surface area contributed by atoms with E-state index in [4.69, 9.17) is 18.9 Å². The third-order valence-corrected chi connectivity index (χ3v) is 16.0. The van der Waals surface area contributed by atoms with Crippen LogP contribution in [0.25, 0.3) is 0 Å². The molecule has 0 atom stereocenters. The number of hydrogen-bond acceptors (Lipinski definition) is 4. The minimum Gasteiger partial charge on any atom is -0.456 e. The van der Waals surface area contributed by atoms with Crippen LogP contribution >= 0.6 is 7.26 Å². The molecular weight excluding hydrogens is 479 g/mol. The van der Waals surface area contributed by atoms with Gasteiger partial charge in [-0.1, -0.05) is 18.2 Å². The Kier molecular flexibility index (Phi) is 5.03. The predicted octanol–water partition coefficient (Wildman–Crippen LogP) is 9.68. The maximum absolute atomic E-state index is 7.61. The topological polar surface area (TPSA) is 36.9 Å². The van der Waals surface area contributed by atoms with Crippen LogP contribution in [-0.2, 0) is 10.3 Å². The molecule has 0 bridgehead atoms. The average molecular weight is 518 g/mol. The van der Waals surface area contributed by atoms with E-state index in [1.165, 1.54) is 0 Å². The van der Waals surface area contributed by atoms with E-state index in [0.717, 1.165) is 51.2 Å². The average Bonchev–Trinajstić information content (AvgIpc) is 2.76. The Balaban J connectivity index is 1.67. The van der Waals surface area contributed by atoms with E-state index in [0.29, 0.717) is 6.35 Å². The minimum atomic E-state index is -1.84. The zero-order valence-electron chi connectivity index (χ0n) is 23.5. The molecule has 3 aromatic rings. The molecule has 3 aliphatic heterocycles. The van der Waals surface area contributed by atoms with Gasteiger partial charge >= 0.3 is 0 Å². The van der Waals surface area contributed by atoms with Crippen LogP contribution in [0.4, 0.5) is 0 Å². The summed E-state index contributed by atoms with van der Waals surface area (Å²) in [5.41, 5.74) is 1.93. The van der Waals surface area contributed by atoms with Crippen molar-refractivity contribution in [2.75, 3.05) is 6.35 Å². The van der Waals surface area contributed by atoms with Gasteiger partial charge in [-0.25, -0.2) is 0 Å². The van der Waals surface area contributed by atoms with Crippen LogP contribution in [0.5, 0.6) is 34.5 Å². The Morgan fingerprint density at radius 3 is 1.05 bits per heavy atom. The Morgan fingerprint density at radius 1 is 0.541 bits per heavy atom. The van der Waals surface area contributed by atoms with Gasteiger partial charge in [-0.15, -0.1) is 0 Å². The van der Waals surface area contributed by atoms with Crippen LogP contribution in [0.1, 0.15) is 79.0 Å². The smallest absolute Gasteiger partial charge is 0.169 e. The molecule has 0 saturated carbocycles. The van der Waals surface area contributed by atoms with Crippen LogP contribution in [0.15, 0.2) is 54.6 Å². The van der Waals surface area contributed by atoms with Gasteiger partial charge in [0.15, 0.2) is 11.9 Å². The predicted molar refractivity (Wildman–Crippen MR) is 152 cm³/mol. The van der Waals surface area contributed by atoms with Crippen molar-refractivity contribution in [1.29, 1.82) is 0 Å². The van der Waals surface area contributed by atoms with Crippen molar-refractivity contribution in [1.82, 2.24) is 0 Å². The first-order valence-corrected chi connectivity index (χ1v) is 15.2. The van der Waals surface area contributed by atoms with Crippen molar-refractivity contribution in [2.24, 2.45) is 0 Å². The highest BCUT2D eigenvalue weighted by Gasteiger charge is 2.67. The normalized spacial score (nSPS) is 16.8. The van der Waals surface area contributed by atoms with Crippen molar-refractivity contribution in [3.05, 3.63) is 71.3 Å². The van der Waals surface area contributed by atoms with Crippen LogP contribution in [0, 0.1) is 0 Å². The number of rotatable bonds is 3. The molecule has 0 N–H and O–H groups in total. The first kappa shape index (κ1) is 24.8. The summed E-state index contributed by atoms with van der Waals surface area (Å²) in [7, 11) is -1.84. The number of ether oxygens (including phenoxy) is 4. The summed E-state index contributed by atoms with van der Waals surface area (Å²) in [6.45, 7) is 21.6. The Labute approximate surface area is 221 Å². The van der Waals surface area contributed by atoms with Crippen molar-refractivity contribution >= 4 is 7.26 Å². The van der Waals surface area contributed by atoms with Crippen LogP contribution < -0.4 is 14.2 Å². The van der Waals surface area contributed by atoms with E-state index in [1.54, 1.807) is 0 Å². The summed E-state index contributed by atoms with van der Waals surface area (Å²) in [6.07, 6.45) is 0.652. The van der Waals surface area contributed by atoms with Gasteiger partial charge in [0.05, 0.1) is 39.4 Å². The first-order valence-electron chi connectivity index (χ1n) is 13.2. The lowest BCUT2D eigenvalue weighted by molar-refractivity contribution is 0.0176. The Morgan fingerprint density at radius 2 is 0.811 bits per heavy atom. The van der Waals surface area contributed by atoms with Crippen LogP contribution in [-0.4, -0.2) is 21.8 Å². The molecule has 0 aromatic heterocycles. The summed E-state index contributed by atoms with van der Waals surface area (Å²) < 4.78 is 27.0. The van der Waals surface area contributed by atoms with Crippen molar-refractivity contribution < 1.29 is 18.9 Å². The fourth-order valence-electron chi connectivity index (χ4n) is 7.82. The molecule has 0 aliphatic carbocycles. The Bertz CT molecular complexity index is 1190. The Hall–Kier alpha value is -2.55. The highest BCUT2D eigenvalue weighted by Crippen LogP contribution is 2.84. The fourth-order valence-corrected chi connectivity index (χ4v) is 15.4. The lowest BCUT2D eigenvalue weighted by atomic mass is 9.74. The van der Waals surface area contributed by atoms with Gasteiger partial charge < -0.3 is 18.9 Å². The zero-order valence-corrected chi connectivity index (χ0v) is 24.4. The lowest BCUT2D eigenvalue weighted by Gasteiger charge is -2.55. The van der Waals surface area contributed by atoms with Crippen molar-refractivity contribution in [2.45, 2.75) is 83.4 Å². The second-order valence-corrected chi connectivity index (χ2v) is 19.4. The molecule has 0 spiro atoms. The van der Waals surface area contributed by atoms with E-state index in [-0.39, 0.29) is 15.5 Å². The van der Waals surface area contributed by atoms with E-state index in [9.17, 15) is 0 Å². The third-order valence-electron chi connectivity index (χ3n) is 8.59. The van der Waals surface area contributed by atoms with Crippen LogP contribution in [0.3, 0.4) is 0 Å².